The van der Waals surface area contributed by atoms with E-state index in [1.54, 1.807) is 4.90 Å². The molecule has 3 amide bonds. The number of ether oxygens (including phenoxy) is 1. The quantitative estimate of drug-likeness (QED) is 0.472. The number of likely N-dealkylation sites (tertiary alicyclic amines) is 1. The largest absolute Gasteiger partial charge is 0.457 e. The van der Waals surface area contributed by atoms with Crippen LogP contribution in [0, 0.1) is 17.8 Å². The number of nitrogens with zero attached hydrogens (tertiary/aromatic N) is 1. The molecule has 3 aliphatic rings. The Balaban J connectivity index is 1.88. The van der Waals surface area contributed by atoms with Crippen LogP contribution in [0.4, 0.5) is 4.79 Å². The Hall–Kier alpha value is -1.81. The molecule has 0 aromatic rings. The third-order valence-electron chi connectivity index (χ3n) is 8.95. The number of hydrogen-bond acceptors (Lipinski definition) is 6. The van der Waals surface area contributed by atoms with E-state index in [4.69, 9.17) is 14.0 Å². The predicted molar refractivity (Wildman–Crippen MR) is 152 cm³/mol. The van der Waals surface area contributed by atoms with E-state index in [0.717, 1.165) is 6.42 Å². The summed E-state index contributed by atoms with van der Waals surface area (Å²) in [5.41, 5.74) is -2.92. The molecular formula is C29H52BN3O6. The summed E-state index contributed by atoms with van der Waals surface area (Å²) in [6.07, 6.45) is 2.28. The van der Waals surface area contributed by atoms with Crippen molar-refractivity contribution in [2.45, 2.75) is 143 Å². The van der Waals surface area contributed by atoms with E-state index in [1.807, 2.05) is 76.2 Å². The monoisotopic (exact) mass is 549 g/mol. The molecular weight excluding hydrogens is 497 g/mol. The van der Waals surface area contributed by atoms with E-state index in [9.17, 15) is 14.4 Å². The number of hydrogen-bond donors (Lipinski definition) is 2. The lowest BCUT2D eigenvalue weighted by molar-refractivity contribution is -0.136. The molecule has 5 atom stereocenters. The van der Waals surface area contributed by atoms with Gasteiger partial charge in [-0.05, 0) is 113 Å². The smallest absolute Gasteiger partial charge is 0.444 e. The van der Waals surface area contributed by atoms with Crippen LogP contribution in [0.2, 0.25) is 6.32 Å². The molecule has 1 aliphatic carbocycles. The molecule has 2 aliphatic heterocycles. The summed E-state index contributed by atoms with van der Waals surface area (Å²) in [4.78, 5) is 41.4. The number of carbonyl (C=O) groups is 3. The highest BCUT2D eigenvalue weighted by molar-refractivity contribution is 6.45. The lowest BCUT2D eigenvalue weighted by Gasteiger charge is -2.40. The maximum absolute atomic E-state index is 14.0. The highest BCUT2D eigenvalue weighted by atomic mass is 16.7. The van der Waals surface area contributed by atoms with Crippen LogP contribution in [0.3, 0.4) is 0 Å². The summed E-state index contributed by atoms with van der Waals surface area (Å²) in [7, 11) is -0.327. The topological polar surface area (TPSA) is 106 Å². The molecule has 0 spiro atoms. The van der Waals surface area contributed by atoms with Gasteiger partial charge in [-0.3, -0.25) is 9.59 Å². The van der Waals surface area contributed by atoms with Crippen LogP contribution >= 0.6 is 0 Å². The van der Waals surface area contributed by atoms with E-state index >= 15 is 0 Å². The van der Waals surface area contributed by atoms with Crippen LogP contribution in [-0.4, -0.2) is 70.4 Å². The van der Waals surface area contributed by atoms with Gasteiger partial charge in [-0.1, -0.05) is 6.42 Å². The van der Waals surface area contributed by atoms with Gasteiger partial charge in [0.2, 0.25) is 11.8 Å². The molecule has 2 saturated heterocycles. The minimum Gasteiger partial charge on any atom is -0.444 e. The molecule has 1 saturated carbocycles. The van der Waals surface area contributed by atoms with E-state index in [2.05, 4.69) is 10.6 Å². The number of amides is 3. The van der Waals surface area contributed by atoms with Gasteiger partial charge in [0, 0.05) is 25.0 Å². The van der Waals surface area contributed by atoms with Gasteiger partial charge >= 0.3 is 13.2 Å². The molecule has 0 aromatic carbocycles. The first-order chi connectivity index (χ1) is 17.6. The van der Waals surface area contributed by atoms with E-state index in [-0.39, 0.29) is 48.8 Å². The molecule has 9 nitrogen and oxygen atoms in total. The Kier molecular flexibility index (Phi) is 8.58. The Morgan fingerprint density at radius 1 is 1.00 bits per heavy atom. The second-order valence-electron chi connectivity index (χ2n) is 15.0. The van der Waals surface area contributed by atoms with Crippen molar-refractivity contribution in [3.05, 3.63) is 0 Å². The summed E-state index contributed by atoms with van der Waals surface area (Å²) in [5, 5.41) is 6.27. The zero-order valence-electron chi connectivity index (χ0n) is 26.3. The average molecular weight is 550 g/mol. The lowest BCUT2D eigenvalue weighted by atomic mass is 9.74. The zero-order chi connectivity index (χ0) is 29.8. The van der Waals surface area contributed by atoms with Gasteiger partial charge in [0.05, 0.1) is 11.2 Å². The summed E-state index contributed by atoms with van der Waals surface area (Å²) >= 11 is 0. The highest BCUT2D eigenvalue weighted by Gasteiger charge is 2.63. The molecule has 0 aromatic heterocycles. The fourth-order valence-corrected chi connectivity index (χ4v) is 6.59. The van der Waals surface area contributed by atoms with Gasteiger partial charge in [-0.2, -0.15) is 0 Å². The minimum absolute atomic E-state index is 0.0448. The number of carbonyl (C=O) groups excluding carboxylic acids is 3. The normalized spacial score (nSPS) is 31.7. The van der Waals surface area contributed by atoms with Crippen LogP contribution in [0.1, 0.15) is 102 Å². The molecule has 39 heavy (non-hydrogen) atoms. The van der Waals surface area contributed by atoms with Crippen LogP contribution in [0.5, 0.6) is 0 Å². The van der Waals surface area contributed by atoms with Gasteiger partial charge in [0.1, 0.15) is 11.1 Å². The third kappa shape index (κ3) is 6.75. The summed E-state index contributed by atoms with van der Waals surface area (Å²) in [6.45, 7) is 23.6. The Bertz CT molecular complexity index is 940. The van der Waals surface area contributed by atoms with Gasteiger partial charge in [0.25, 0.3) is 0 Å². The van der Waals surface area contributed by atoms with Crippen molar-refractivity contribution in [2.75, 3.05) is 6.54 Å². The first-order valence-electron chi connectivity index (χ1n) is 14.6. The van der Waals surface area contributed by atoms with Crippen LogP contribution in [0.15, 0.2) is 0 Å². The maximum Gasteiger partial charge on any atom is 0.457 e. The molecule has 2 N–H and O–H groups in total. The van der Waals surface area contributed by atoms with Gasteiger partial charge in [-0.15, -0.1) is 0 Å². The zero-order valence-corrected chi connectivity index (χ0v) is 26.3. The molecule has 222 valence electrons. The Morgan fingerprint density at radius 2 is 1.56 bits per heavy atom. The third-order valence-corrected chi connectivity index (χ3v) is 8.95. The summed E-state index contributed by atoms with van der Waals surface area (Å²) < 4.78 is 18.1. The van der Waals surface area contributed by atoms with Crippen LogP contribution in [-0.2, 0) is 23.6 Å². The Labute approximate surface area is 236 Å². The van der Waals surface area contributed by atoms with Crippen LogP contribution in [0.25, 0.3) is 0 Å². The average Bonchev–Trinajstić information content (AvgIpc) is 3.26. The van der Waals surface area contributed by atoms with Crippen molar-refractivity contribution >= 4 is 25.0 Å². The van der Waals surface area contributed by atoms with E-state index in [1.165, 1.54) is 6.92 Å². The van der Waals surface area contributed by atoms with Gasteiger partial charge in [-0.25, -0.2) is 4.79 Å². The Morgan fingerprint density at radius 3 is 2.05 bits per heavy atom. The second kappa shape index (κ2) is 10.5. The number of nitrogens with one attached hydrogen (secondary N) is 2. The first kappa shape index (κ1) is 31.7. The SMILES string of the molecule is CC(=O)NC1(C(=O)NC(C)(C)C)C[C@H]2C(C)N(C(=O)OC(C)(C)C)C[C@H]2[C@@H]1CCCB1OC(C)(C)C(C)(C)O1. The molecule has 3 rings (SSSR count). The van der Waals surface area contributed by atoms with E-state index < -0.39 is 27.9 Å². The van der Waals surface area contributed by atoms with Crippen molar-refractivity contribution in [1.29, 1.82) is 0 Å². The van der Waals surface area contributed by atoms with Crippen molar-refractivity contribution in [1.82, 2.24) is 15.5 Å². The van der Waals surface area contributed by atoms with Gasteiger partial charge < -0.3 is 29.6 Å². The minimum atomic E-state index is -1.06. The summed E-state index contributed by atoms with van der Waals surface area (Å²) in [6, 6.07) is -0.117. The fourth-order valence-electron chi connectivity index (χ4n) is 6.59. The second-order valence-corrected chi connectivity index (χ2v) is 15.0. The molecule has 2 unspecified atom stereocenters. The highest BCUT2D eigenvalue weighted by Crippen LogP contribution is 2.53. The molecule has 10 heteroatoms. The molecule has 3 fully saturated rings. The lowest BCUT2D eigenvalue weighted by Crippen LogP contribution is -2.64. The van der Waals surface area contributed by atoms with Crippen LogP contribution < -0.4 is 10.6 Å². The van der Waals surface area contributed by atoms with E-state index in [0.29, 0.717) is 25.7 Å². The van der Waals surface area contributed by atoms with Crippen molar-refractivity contribution in [3.8, 4) is 0 Å². The molecule has 0 radical (unpaired) electrons. The maximum atomic E-state index is 14.0. The standard InChI is InChI=1S/C29H52BN3O6/c1-18-20-16-29(31-19(2)34,23(35)32-25(3,4)5)22(21(20)17-33(18)24(36)37-26(6,7)8)14-13-15-30-38-27(9,10)28(11,12)39-30/h18,20-22H,13-17H2,1-12H3,(H,31,34)(H,32,35)/t18?,20-,21+,22-,29?/m0/s1. The van der Waals surface area contributed by atoms with Crippen molar-refractivity contribution < 1.29 is 28.4 Å². The number of rotatable bonds is 6. The fraction of sp³-hybridized carbons (Fsp3) is 0.897. The first-order valence-corrected chi connectivity index (χ1v) is 14.6. The molecule has 2 heterocycles. The van der Waals surface area contributed by atoms with Gasteiger partial charge in [0.15, 0.2) is 0 Å². The summed E-state index contributed by atoms with van der Waals surface area (Å²) in [5.74, 6) is -0.450. The van der Waals surface area contributed by atoms with Crippen molar-refractivity contribution in [3.63, 3.8) is 0 Å². The molecule has 0 bridgehead atoms. The predicted octanol–water partition coefficient (Wildman–Crippen LogP) is 4.54. The van der Waals surface area contributed by atoms with Crippen molar-refractivity contribution in [2.24, 2.45) is 17.8 Å². The number of fused-ring (bicyclic) bond motifs is 1.